The second kappa shape index (κ2) is 10.5. The minimum atomic E-state index is 0. The van der Waals surface area contributed by atoms with Crippen LogP contribution in [0.25, 0.3) is 0 Å². The molecule has 8 heteroatoms. The van der Waals surface area contributed by atoms with E-state index in [9.17, 15) is 0 Å². The van der Waals surface area contributed by atoms with Crippen molar-refractivity contribution in [1.29, 1.82) is 0 Å². The van der Waals surface area contributed by atoms with Crippen LogP contribution in [0.1, 0.15) is 16.8 Å². The zero-order valence-electron chi connectivity index (χ0n) is 13.0. The molecule has 0 saturated heterocycles. The first kappa shape index (κ1) is 18.9. The highest BCUT2D eigenvalue weighted by atomic mass is 127. The minimum Gasteiger partial charge on any atom is -0.356 e. The fourth-order valence-electron chi connectivity index (χ4n) is 1.86. The first-order valence-corrected chi connectivity index (χ1v) is 7.97. The maximum atomic E-state index is 4.41. The number of hydrogen-bond donors (Lipinski definition) is 2. The first-order chi connectivity index (χ1) is 10.3. The summed E-state index contributed by atoms with van der Waals surface area (Å²) in [6.07, 6.45) is 9.50. The Labute approximate surface area is 152 Å². The van der Waals surface area contributed by atoms with Crippen LogP contribution in [0.15, 0.2) is 29.9 Å². The van der Waals surface area contributed by atoms with Crippen molar-refractivity contribution in [3.8, 4) is 0 Å². The van der Waals surface area contributed by atoms with E-state index in [-0.39, 0.29) is 24.0 Å². The smallest absolute Gasteiger partial charge is 0.191 e. The Kier molecular flexibility index (Phi) is 9.05. The summed E-state index contributed by atoms with van der Waals surface area (Å²) in [6, 6.07) is 0. The molecular weight excluding hydrogens is 411 g/mol. The van der Waals surface area contributed by atoms with Gasteiger partial charge in [-0.25, -0.2) is 9.97 Å². The van der Waals surface area contributed by atoms with Gasteiger partial charge < -0.3 is 15.2 Å². The third-order valence-corrected chi connectivity index (χ3v) is 4.23. The van der Waals surface area contributed by atoms with E-state index >= 15 is 0 Å². The molecule has 2 heterocycles. The summed E-state index contributed by atoms with van der Waals surface area (Å²) in [4.78, 5) is 14.0. The molecule has 0 unspecified atom stereocenters. The summed E-state index contributed by atoms with van der Waals surface area (Å²) in [5.74, 6) is 0.822. The molecule has 6 nitrogen and oxygen atoms in total. The van der Waals surface area contributed by atoms with Gasteiger partial charge in [0.25, 0.3) is 0 Å². The number of hydrogen-bond acceptors (Lipinski definition) is 4. The van der Waals surface area contributed by atoms with Crippen LogP contribution in [0.5, 0.6) is 0 Å². The van der Waals surface area contributed by atoms with Gasteiger partial charge in [-0.1, -0.05) is 6.92 Å². The molecule has 2 rings (SSSR count). The maximum Gasteiger partial charge on any atom is 0.191 e. The van der Waals surface area contributed by atoms with Crippen molar-refractivity contribution in [2.45, 2.75) is 26.3 Å². The SMILES string of the molecule is CCc1cnc(CCNC(=NC)NCCn2ccnc2)s1.I. The van der Waals surface area contributed by atoms with Crippen molar-refractivity contribution in [3.05, 3.63) is 34.8 Å². The number of rotatable bonds is 7. The number of aromatic nitrogens is 3. The van der Waals surface area contributed by atoms with Crippen molar-refractivity contribution < 1.29 is 0 Å². The molecule has 122 valence electrons. The summed E-state index contributed by atoms with van der Waals surface area (Å²) in [6.45, 7) is 4.67. The van der Waals surface area contributed by atoms with E-state index < -0.39 is 0 Å². The van der Waals surface area contributed by atoms with E-state index in [2.05, 4.69) is 32.5 Å². The third kappa shape index (κ3) is 6.30. The molecule has 0 aliphatic rings. The lowest BCUT2D eigenvalue weighted by Gasteiger charge is -2.11. The second-order valence-electron chi connectivity index (χ2n) is 4.55. The molecule has 0 aliphatic heterocycles. The number of guanidine groups is 1. The van der Waals surface area contributed by atoms with Crippen LogP contribution in [-0.4, -0.2) is 40.6 Å². The zero-order chi connectivity index (χ0) is 14.9. The minimum absolute atomic E-state index is 0. The molecular formula is C14H23IN6S. The quantitative estimate of drug-likeness (QED) is 0.397. The van der Waals surface area contributed by atoms with Crippen LogP contribution in [0.2, 0.25) is 0 Å². The van der Waals surface area contributed by atoms with Crippen molar-refractivity contribution in [1.82, 2.24) is 25.2 Å². The average molecular weight is 434 g/mol. The Hall–Kier alpha value is -1.16. The third-order valence-electron chi connectivity index (χ3n) is 3.03. The molecule has 0 aromatic carbocycles. The summed E-state index contributed by atoms with van der Waals surface area (Å²) in [5.41, 5.74) is 0. The highest BCUT2D eigenvalue weighted by molar-refractivity contribution is 14.0. The van der Waals surface area contributed by atoms with Gasteiger partial charge in [-0.3, -0.25) is 4.99 Å². The first-order valence-electron chi connectivity index (χ1n) is 7.15. The van der Waals surface area contributed by atoms with Crippen molar-refractivity contribution in [2.24, 2.45) is 4.99 Å². The van der Waals surface area contributed by atoms with E-state index in [0.717, 1.165) is 38.4 Å². The van der Waals surface area contributed by atoms with Crippen molar-refractivity contribution in [2.75, 3.05) is 20.1 Å². The Balaban J connectivity index is 0.00000242. The van der Waals surface area contributed by atoms with Crippen molar-refractivity contribution >= 4 is 41.3 Å². The highest BCUT2D eigenvalue weighted by Crippen LogP contribution is 2.13. The standard InChI is InChI=1S/C14H22N6S.HI/c1-3-12-10-19-13(21-12)4-5-17-14(15-2)18-7-9-20-8-6-16-11-20;/h6,8,10-11H,3-5,7,9H2,1-2H3,(H2,15,17,18);1H. The summed E-state index contributed by atoms with van der Waals surface area (Å²) < 4.78 is 2.03. The van der Waals surface area contributed by atoms with E-state index in [1.165, 1.54) is 9.88 Å². The molecule has 0 atom stereocenters. The van der Waals surface area contributed by atoms with Gasteiger partial charge in [0.05, 0.1) is 11.3 Å². The Morgan fingerprint density at radius 1 is 1.36 bits per heavy atom. The zero-order valence-corrected chi connectivity index (χ0v) is 16.1. The van der Waals surface area contributed by atoms with Crippen LogP contribution in [0.4, 0.5) is 0 Å². The predicted molar refractivity (Wildman–Crippen MR) is 102 cm³/mol. The molecule has 0 radical (unpaired) electrons. The van der Waals surface area contributed by atoms with Crippen LogP contribution >= 0.6 is 35.3 Å². The van der Waals surface area contributed by atoms with Gasteiger partial charge >= 0.3 is 0 Å². The van der Waals surface area contributed by atoms with Crippen LogP contribution in [-0.2, 0) is 19.4 Å². The van der Waals surface area contributed by atoms with Gasteiger partial charge in [-0.05, 0) is 6.42 Å². The molecule has 0 spiro atoms. The van der Waals surface area contributed by atoms with Gasteiger partial charge in [-0.2, -0.15) is 0 Å². The molecule has 2 N–H and O–H groups in total. The second-order valence-corrected chi connectivity index (χ2v) is 5.75. The fraction of sp³-hybridized carbons (Fsp3) is 0.500. The highest BCUT2D eigenvalue weighted by Gasteiger charge is 2.01. The molecule has 2 aromatic rings. The number of aryl methyl sites for hydroxylation is 1. The van der Waals surface area contributed by atoms with E-state index in [1.54, 1.807) is 24.6 Å². The number of imidazole rings is 1. The molecule has 0 fully saturated rings. The maximum absolute atomic E-state index is 4.41. The van der Waals surface area contributed by atoms with E-state index in [1.807, 2.05) is 23.3 Å². The van der Waals surface area contributed by atoms with Gasteiger partial charge in [0.15, 0.2) is 5.96 Å². The molecule has 0 amide bonds. The van der Waals surface area contributed by atoms with Crippen molar-refractivity contribution in [3.63, 3.8) is 0 Å². The topological polar surface area (TPSA) is 67.1 Å². The lowest BCUT2D eigenvalue weighted by Crippen LogP contribution is -2.39. The summed E-state index contributed by atoms with van der Waals surface area (Å²) in [5, 5.41) is 7.76. The van der Waals surface area contributed by atoms with Crippen LogP contribution in [0.3, 0.4) is 0 Å². The Morgan fingerprint density at radius 3 is 2.82 bits per heavy atom. The molecule has 0 saturated carbocycles. The predicted octanol–water partition coefficient (Wildman–Crippen LogP) is 1.93. The summed E-state index contributed by atoms with van der Waals surface area (Å²) >= 11 is 1.79. The number of nitrogens with one attached hydrogen (secondary N) is 2. The fourth-order valence-corrected chi connectivity index (χ4v) is 2.72. The lowest BCUT2D eigenvalue weighted by molar-refractivity contribution is 0.661. The van der Waals surface area contributed by atoms with Crippen LogP contribution < -0.4 is 10.6 Å². The van der Waals surface area contributed by atoms with Crippen LogP contribution in [0, 0.1) is 0 Å². The molecule has 2 aromatic heterocycles. The lowest BCUT2D eigenvalue weighted by atomic mass is 10.4. The Morgan fingerprint density at radius 2 is 2.18 bits per heavy atom. The monoisotopic (exact) mass is 434 g/mol. The summed E-state index contributed by atoms with van der Waals surface area (Å²) in [7, 11) is 1.78. The van der Waals surface area contributed by atoms with E-state index in [0.29, 0.717) is 0 Å². The average Bonchev–Trinajstić information content (AvgIpc) is 3.17. The van der Waals surface area contributed by atoms with E-state index in [4.69, 9.17) is 0 Å². The number of halogens is 1. The van der Waals surface area contributed by atoms with Gasteiger partial charge in [0, 0.05) is 56.6 Å². The number of thiazole rings is 1. The largest absolute Gasteiger partial charge is 0.356 e. The Bertz CT molecular complexity index is 551. The molecule has 0 bridgehead atoms. The molecule has 0 aliphatic carbocycles. The number of nitrogens with zero attached hydrogens (tertiary/aromatic N) is 4. The van der Waals surface area contributed by atoms with Gasteiger partial charge in [0.2, 0.25) is 0 Å². The number of aliphatic imine (C=N–C) groups is 1. The van der Waals surface area contributed by atoms with Gasteiger partial charge in [-0.15, -0.1) is 35.3 Å². The van der Waals surface area contributed by atoms with Gasteiger partial charge in [0.1, 0.15) is 0 Å². The molecule has 22 heavy (non-hydrogen) atoms. The normalized spacial score (nSPS) is 11.1.